The van der Waals surface area contributed by atoms with Crippen molar-refractivity contribution in [3.63, 3.8) is 0 Å². The Bertz CT molecular complexity index is 1460. The summed E-state index contributed by atoms with van der Waals surface area (Å²) in [6, 6.07) is 12.8. The molecule has 214 valence electrons. The van der Waals surface area contributed by atoms with E-state index in [0.717, 1.165) is 22.5 Å². The fourth-order valence-corrected chi connectivity index (χ4v) is 5.11. The maximum atomic E-state index is 14.0. The van der Waals surface area contributed by atoms with Crippen molar-refractivity contribution in [1.29, 1.82) is 0 Å². The molecule has 1 fully saturated rings. The van der Waals surface area contributed by atoms with E-state index < -0.39 is 12.1 Å². The zero-order valence-electron chi connectivity index (χ0n) is 23.4. The average Bonchev–Trinajstić information content (AvgIpc) is 3.53. The van der Waals surface area contributed by atoms with E-state index in [1.807, 2.05) is 41.9 Å². The number of rotatable bonds is 12. The molecule has 0 radical (unpaired) electrons. The first-order chi connectivity index (χ1) is 20.0. The number of carbonyl (C=O) groups is 1. The SMILES string of the molecule is COCCN1C[C@@H](CC(=O)Cc2c(C)c(-c3cnc(COC)nc3)nn2-c2ccccc2)[C@H](c2ccnc(F)c2)O1. The number of halogens is 1. The number of aromatic nitrogens is 5. The van der Waals surface area contributed by atoms with Gasteiger partial charge in [0.15, 0.2) is 5.82 Å². The third kappa shape index (κ3) is 6.71. The van der Waals surface area contributed by atoms with Crippen molar-refractivity contribution < 1.29 is 23.5 Å². The third-order valence-electron chi connectivity index (χ3n) is 7.10. The van der Waals surface area contributed by atoms with Crippen molar-refractivity contribution in [3.8, 4) is 16.9 Å². The van der Waals surface area contributed by atoms with Crippen molar-refractivity contribution in [2.45, 2.75) is 32.5 Å². The van der Waals surface area contributed by atoms with Gasteiger partial charge in [-0.1, -0.05) is 18.2 Å². The van der Waals surface area contributed by atoms with Crippen LogP contribution >= 0.6 is 0 Å². The number of Topliss-reactive ketones (excluding diaryl/α,β-unsaturated/α-hetero) is 1. The molecule has 41 heavy (non-hydrogen) atoms. The van der Waals surface area contributed by atoms with Crippen molar-refractivity contribution in [1.82, 2.24) is 29.8 Å². The molecule has 11 heteroatoms. The predicted octanol–water partition coefficient (Wildman–Crippen LogP) is 4.07. The van der Waals surface area contributed by atoms with Gasteiger partial charge in [0.1, 0.15) is 18.5 Å². The maximum absolute atomic E-state index is 14.0. The average molecular weight is 561 g/mol. The van der Waals surface area contributed by atoms with Crippen LogP contribution in [0.2, 0.25) is 0 Å². The lowest BCUT2D eigenvalue weighted by atomic mass is 9.91. The van der Waals surface area contributed by atoms with Crippen LogP contribution in [0.25, 0.3) is 16.9 Å². The molecule has 2 atom stereocenters. The summed E-state index contributed by atoms with van der Waals surface area (Å²) in [4.78, 5) is 32.2. The summed E-state index contributed by atoms with van der Waals surface area (Å²) < 4.78 is 26.1. The molecule has 1 aliphatic heterocycles. The van der Waals surface area contributed by atoms with Crippen LogP contribution in [0.4, 0.5) is 4.39 Å². The molecule has 3 aromatic heterocycles. The van der Waals surface area contributed by atoms with E-state index in [4.69, 9.17) is 19.4 Å². The van der Waals surface area contributed by atoms with E-state index in [1.165, 1.54) is 12.3 Å². The molecule has 0 spiro atoms. The lowest BCUT2D eigenvalue weighted by molar-refractivity contribution is -0.155. The molecule has 5 rings (SSSR count). The fraction of sp³-hybridized carbons (Fsp3) is 0.367. The number of para-hydroxylation sites is 1. The minimum atomic E-state index is -0.583. The van der Waals surface area contributed by atoms with Gasteiger partial charge in [0, 0.05) is 70.2 Å². The van der Waals surface area contributed by atoms with Crippen molar-refractivity contribution in [3.05, 3.63) is 89.6 Å². The molecule has 1 saturated heterocycles. The maximum Gasteiger partial charge on any atom is 0.213 e. The van der Waals surface area contributed by atoms with Crippen molar-refractivity contribution >= 4 is 5.78 Å². The lowest BCUT2D eigenvalue weighted by Gasteiger charge is -2.17. The Morgan fingerprint density at radius 2 is 1.88 bits per heavy atom. The van der Waals surface area contributed by atoms with Crippen LogP contribution in [-0.4, -0.2) is 69.5 Å². The summed E-state index contributed by atoms with van der Waals surface area (Å²) in [5.74, 6) is -0.143. The highest BCUT2D eigenvalue weighted by molar-refractivity contribution is 5.82. The second-order valence-electron chi connectivity index (χ2n) is 9.99. The third-order valence-corrected chi connectivity index (χ3v) is 7.10. The standard InChI is InChI=1S/C30H33FN6O4/c1-20-26(37(24-7-5-4-6-8-24)35-29(20)23-16-33-28(19-40-3)34-17-23)15-25(38)13-22-18-36(11-12-39-2)41-30(22)21-9-10-32-27(31)14-21/h4-10,14,16-17,22,30H,11-13,15,18-19H2,1-3H3/t22-,30+/m1/s1. The Labute approximate surface area is 238 Å². The monoisotopic (exact) mass is 560 g/mol. The number of hydrogen-bond acceptors (Lipinski definition) is 9. The molecule has 10 nitrogen and oxygen atoms in total. The molecule has 0 aliphatic carbocycles. The molecule has 0 N–H and O–H groups in total. The van der Waals surface area contributed by atoms with Crippen LogP contribution < -0.4 is 0 Å². The molecule has 1 aromatic carbocycles. The second kappa shape index (κ2) is 13.2. The van der Waals surface area contributed by atoms with E-state index in [1.54, 1.807) is 37.7 Å². The van der Waals surface area contributed by atoms with Crippen LogP contribution in [0, 0.1) is 18.8 Å². The van der Waals surface area contributed by atoms with E-state index in [9.17, 15) is 9.18 Å². The first-order valence-corrected chi connectivity index (χ1v) is 13.4. The van der Waals surface area contributed by atoms with E-state index in [2.05, 4.69) is 15.0 Å². The first kappa shape index (κ1) is 28.6. The molecule has 1 aliphatic rings. The fourth-order valence-electron chi connectivity index (χ4n) is 5.11. The molecular formula is C30H33FN6O4. The number of ether oxygens (including phenoxy) is 2. The van der Waals surface area contributed by atoms with Gasteiger partial charge >= 0.3 is 0 Å². The lowest BCUT2D eigenvalue weighted by Crippen LogP contribution is -2.24. The topological polar surface area (TPSA) is 104 Å². The first-order valence-electron chi connectivity index (χ1n) is 13.4. The van der Waals surface area contributed by atoms with Gasteiger partial charge in [-0.25, -0.2) is 19.6 Å². The highest BCUT2D eigenvalue weighted by atomic mass is 19.1. The zero-order chi connectivity index (χ0) is 28.8. The Kier molecular flexibility index (Phi) is 9.20. The number of carbonyl (C=O) groups excluding carboxylic acids is 1. The van der Waals surface area contributed by atoms with Gasteiger partial charge < -0.3 is 9.47 Å². The van der Waals surface area contributed by atoms with E-state index >= 15 is 0 Å². The van der Waals surface area contributed by atoms with Crippen molar-refractivity contribution in [2.24, 2.45) is 5.92 Å². The van der Waals surface area contributed by atoms with Gasteiger partial charge in [-0.3, -0.25) is 9.63 Å². The summed E-state index contributed by atoms with van der Waals surface area (Å²) in [5, 5.41) is 6.67. The number of methoxy groups -OCH3 is 2. The minimum absolute atomic E-state index is 0.0325. The minimum Gasteiger partial charge on any atom is -0.383 e. The number of ketones is 1. The summed E-state index contributed by atoms with van der Waals surface area (Å²) in [6.07, 6.45) is 4.82. The van der Waals surface area contributed by atoms with Crippen LogP contribution in [0.15, 0.2) is 61.1 Å². The molecule has 0 unspecified atom stereocenters. The number of hydroxylamine groups is 2. The molecule has 0 saturated carbocycles. The van der Waals surface area contributed by atoms with Crippen molar-refractivity contribution in [2.75, 3.05) is 33.9 Å². The van der Waals surface area contributed by atoms with Gasteiger partial charge in [-0.05, 0) is 42.3 Å². The van der Waals surface area contributed by atoms with E-state index in [-0.39, 0.29) is 24.5 Å². The molecule has 0 amide bonds. The van der Waals surface area contributed by atoms with E-state index in [0.29, 0.717) is 43.4 Å². The quantitative estimate of drug-likeness (QED) is 0.237. The largest absolute Gasteiger partial charge is 0.383 e. The molecule has 4 aromatic rings. The van der Waals surface area contributed by atoms with Crippen LogP contribution in [0.5, 0.6) is 0 Å². The molecule has 0 bridgehead atoms. The van der Waals surface area contributed by atoms with Gasteiger partial charge in [0.05, 0.1) is 23.7 Å². The number of benzene rings is 1. The van der Waals surface area contributed by atoms with Gasteiger partial charge in [0.2, 0.25) is 5.95 Å². The summed E-state index contributed by atoms with van der Waals surface area (Å²) in [6.45, 7) is 3.82. The van der Waals surface area contributed by atoms with Gasteiger partial charge in [0.25, 0.3) is 0 Å². The predicted molar refractivity (Wildman–Crippen MR) is 148 cm³/mol. The summed E-state index contributed by atoms with van der Waals surface area (Å²) in [5.41, 5.74) is 4.63. The van der Waals surface area contributed by atoms with Crippen LogP contribution in [0.1, 0.15) is 35.2 Å². The smallest absolute Gasteiger partial charge is 0.213 e. The number of nitrogens with zero attached hydrogens (tertiary/aromatic N) is 6. The summed E-state index contributed by atoms with van der Waals surface area (Å²) in [7, 11) is 3.22. The van der Waals surface area contributed by atoms with Crippen LogP contribution in [0.3, 0.4) is 0 Å². The number of pyridine rings is 1. The zero-order valence-corrected chi connectivity index (χ0v) is 23.4. The molecular weight excluding hydrogens is 527 g/mol. The normalized spacial score (nSPS) is 17.3. The number of hydrogen-bond donors (Lipinski definition) is 0. The highest BCUT2D eigenvalue weighted by Gasteiger charge is 2.37. The van der Waals surface area contributed by atoms with Gasteiger partial charge in [-0.15, -0.1) is 0 Å². The Morgan fingerprint density at radius 3 is 2.59 bits per heavy atom. The highest BCUT2D eigenvalue weighted by Crippen LogP contribution is 2.37. The van der Waals surface area contributed by atoms with Crippen LogP contribution in [-0.2, 0) is 32.1 Å². The Hall–Kier alpha value is -3.90. The summed E-state index contributed by atoms with van der Waals surface area (Å²) >= 11 is 0. The Morgan fingerprint density at radius 1 is 1.10 bits per heavy atom. The Balaban J connectivity index is 1.41. The second-order valence-corrected chi connectivity index (χ2v) is 9.99. The van der Waals surface area contributed by atoms with Gasteiger partial charge in [-0.2, -0.15) is 14.6 Å². The molecule has 4 heterocycles.